The molecule has 0 saturated carbocycles. The number of benzene rings is 2. The number of H-pyrrole nitrogens is 1. The van der Waals surface area contributed by atoms with E-state index in [1.54, 1.807) is 31.1 Å². The van der Waals surface area contributed by atoms with Crippen LogP contribution < -0.4 is 5.73 Å². The summed E-state index contributed by atoms with van der Waals surface area (Å²) in [7, 11) is 3.52. The number of carbonyl (C=O) groups excluding carboxylic acids is 1. The molecule has 3 rings (SSSR count). The second-order valence-corrected chi connectivity index (χ2v) is 7.32. The first kappa shape index (κ1) is 20.2. The number of rotatable bonds is 5. The molecule has 0 radical (unpaired) electrons. The number of aromatic amines is 1. The lowest BCUT2D eigenvalue weighted by Crippen LogP contribution is -2.26. The lowest BCUT2D eigenvalue weighted by atomic mass is 9.94. The van der Waals surface area contributed by atoms with Crippen molar-refractivity contribution in [1.29, 1.82) is 0 Å². The number of phenols is 1. The molecule has 1 heterocycles. The van der Waals surface area contributed by atoms with Crippen LogP contribution in [0.1, 0.15) is 36.5 Å². The van der Waals surface area contributed by atoms with E-state index in [1.165, 1.54) is 0 Å². The van der Waals surface area contributed by atoms with E-state index < -0.39 is 0 Å². The van der Waals surface area contributed by atoms with Crippen LogP contribution in [-0.4, -0.2) is 40.2 Å². The molecule has 0 bridgehead atoms. The van der Waals surface area contributed by atoms with Crippen LogP contribution in [0, 0.1) is 0 Å². The van der Waals surface area contributed by atoms with Crippen LogP contribution in [0.3, 0.4) is 0 Å². The number of anilines is 1. The quantitative estimate of drug-likeness (QED) is 0.611. The van der Waals surface area contributed by atoms with Crippen molar-refractivity contribution in [3.05, 3.63) is 65.2 Å². The van der Waals surface area contributed by atoms with Crippen LogP contribution in [0.5, 0.6) is 5.75 Å². The molecule has 1 aromatic heterocycles. The fraction of sp³-hybridized carbons (Fsp3) is 0.217. The van der Waals surface area contributed by atoms with Gasteiger partial charge in [-0.15, -0.1) is 0 Å². The van der Waals surface area contributed by atoms with Crippen LogP contribution in [0.2, 0.25) is 0 Å². The number of aromatic hydroxyl groups is 1. The summed E-state index contributed by atoms with van der Waals surface area (Å²) >= 11 is 0. The zero-order valence-corrected chi connectivity index (χ0v) is 17.1. The zero-order valence-electron chi connectivity index (χ0n) is 17.1. The van der Waals surface area contributed by atoms with E-state index in [4.69, 9.17) is 5.73 Å². The molecule has 1 amide bonds. The third-order valence-electron chi connectivity index (χ3n) is 5.02. The molecule has 1 atom stereocenters. The number of likely N-dealkylation sites (N-methyl/N-ethyl adjacent to an activating group) is 1. The highest BCUT2D eigenvalue weighted by atomic mass is 16.3. The number of nitrogens with two attached hydrogens (primary N) is 1. The highest BCUT2D eigenvalue weighted by molar-refractivity contribution is 5.90. The summed E-state index contributed by atoms with van der Waals surface area (Å²) in [5.41, 5.74) is 11.0. The first-order valence-electron chi connectivity index (χ1n) is 9.41. The molecule has 0 aliphatic carbocycles. The number of carbonyl (C=O) groups is 1. The number of amides is 1. The monoisotopic (exact) mass is 390 g/mol. The summed E-state index contributed by atoms with van der Waals surface area (Å²) in [4.78, 5) is 13.9. The fourth-order valence-corrected chi connectivity index (χ4v) is 3.28. The molecule has 0 spiro atoms. The molecular weight excluding hydrogens is 364 g/mol. The number of allylic oxidation sites excluding steroid dienone is 1. The molecule has 0 fully saturated rings. The number of nitrogen functional groups attached to an aromatic ring is 1. The van der Waals surface area contributed by atoms with E-state index in [-0.39, 0.29) is 17.6 Å². The van der Waals surface area contributed by atoms with Gasteiger partial charge >= 0.3 is 0 Å². The Bertz CT molecular complexity index is 1070. The number of nitrogens with one attached hydrogen (secondary N) is 1. The van der Waals surface area contributed by atoms with Gasteiger partial charge in [0.25, 0.3) is 0 Å². The second kappa shape index (κ2) is 8.22. The Morgan fingerprint density at radius 3 is 2.62 bits per heavy atom. The number of nitrogens with zero attached hydrogens (tertiary/aromatic N) is 2. The summed E-state index contributed by atoms with van der Waals surface area (Å²) < 4.78 is 0. The molecular formula is C23H26N4O2. The van der Waals surface area contributed by atoms with E-state index in [1.807, 2.05) is 56.3 Å². The molecule has 6 nitrogen and oxygen atoms in total. The van der Waals surface area contributed by atoms with Gasteiger partial charge in [0.1, 0.15) is 5.75 Å². The van der Waals surface area contributed by atoms with E-state index in [0.717, 1.165) is 16.7 Å². The van der Waals surface area contributed by atoms with Gasteiger partial charge in [-0.3, -0.25) is 9.89 Å². The minimum Gasteiger partial charge on any atom is -0.507 e. The van der Waals surface area contributed by atoms with Gasteiger partial charge in [0.2, 0.25) is 5.91 Å². The Hall–Kier alpha value is -3.54. The highest BCUT2D eigenvalue weighted by Gasteiger charge is 2.18. The van der Waals surface area contributed by atoms with Gasteiger partial charge in [0, 0.05) is 25.2 Å². The Balaban J connectivity index is 2.00. The molecule has 1 unspecified atom stereocenters. The first-order chi connectivity index (χ1) is 13.8. The second-order valence-electron chi connectivity index (χ2n) is 7.32. The molecule has 3 aromatic rings. The van der Waals surface area contributed by atoms with Crippen molar-refractivity contribution in [1.82, 2.24) is 15.1 Å². The number of para-hydroxylation sites is 1. The summed E-state index contributed by atoms with van der Waals surface area (Å²) in [6.07, 6.45) is 1.94. The van der Waals surface area contributed by atoms with Crippen LogP contribution in [0.4, 0.5) is 5.82 Å². The first-order valence-corrected chi connectivity index (χ1v) is 9.41. The maximum Gasteiger partial charge on any atom is 0.229 e. The Labute approximate surface area is 170 Å². The molecule has 0 aliphatic rings. The van der Waals surface area contributed by atoms with Crippen molar-refractivity contribution in [2.45, 2.75) is 19.8 Å². The largest absolute Gasteiger partial charge is 0.507 e. The van der Waals surface area contributed by atoms with Crippen LogP contribution in [0.25, 0.3) is 22.9 Å². The van der Waals surface area contributed by atoms with Crippen molar-refractivity contribution in [3.8, 4) is 17.0 Å². The molecule has 4 N–H and O–H groups in total. The van der Waals surface area contributed by atoms with E-state index >= 15 is 0 Å². The average Bonchev–Trinajstić information content (AvgIpc) is 3.07. The minimum atomic E-state index is -0.228. The number of hydrogen-bond donors (Lipinski definition) is 3. The summed E-state index contributed by atoms with van der Waals surface area (Å²) in [5.74, 6) is 0.342. The van der Waals surface area contributed by atoms with Gasteiger partial charge in [0.05, 0.1) is 11.6 Å². The lowest BCUT2D eigenvalue weighted by Gasteiger charge is -2.17. The number of aromatic nitrogens is 2. The van der Waals surface area contributed by atoms with Gasteiger partial charge < -0.3 is 15.7 Å². The lowest BCUT2D eigenvalue weighted by molar-refractivity contribution is -0.129. The molecule has 29 heavy (non-hydrogen) atoms. The Morgan fingerprint density at radius 2 is 1.93 bits per heavy atom. The third-order valence-corrected chi connectivity index (χ3v) is 5.02. The Morgan fingerprint density at radius 1 is 1.21 bits per heavy atom. The average molecular weight is 390 g/mol. The third kappa shape index (κ3) is 4.16. The summed E-state index contributed by atoms with van der Waals surface area (Å²) in [6, 6.07) is 15.0. The van der Waals surface area contributed by atoms with E-state index in [9.17, 15) is 9.90 Å². The maximum absolute atomic E-state index is 12.3. The number of hydrogen-bond acceptors (Lipinski definition) is 4. The van der Waals surface area contributed by atoms with Crippen LogP contribution >= 0.6 is 0 Å². The van der Waals surface area contributed by atoms with Gasteiger partial charge in [-0.05, 0) is 48.8 Å². The molecule has 6 heteroatoms. The standard InChI is InChI=1S/C23H26N4O2/c1-14(16-8-7-9-17(13-16)15(2)23(29)27(3)4)12-19-21(25-26-22(19)24)18-10-5-6-11-20(18)28/h5-13,15,28H,1-4H3,(H3,24,25,26)/b14-12+. The topological polar surface area (TPSA) is 95.2 Å². The van der Waals surface area contributed by atoms with Crippen molar-refractivity contribution in [3.63, 3.8) is 0 Å². The molecule has 150 valence electrons. The summed E-state index contributed by atoms with van der Waals surface area (Å²) in [6.45, 7) is 3.89. The normalized spacial score (nSPS) is 12.6. The predicted octanol–water partition coefficient (Wildman–Crippen LogP) is 4.12. The van der Waals surface area contributed by atoms with Gasteiger partial charge in [-0.2, -0.15) is 5.10 Å². The predicted molar refractivity (Wildman–Crippen MR) is 117 cm³/mol. The van der Waals surface area contributed by atoms with Gasteiger partial charge in [-0.25, -0.2) is 0 Å². The van der Waals surface area contributed by atoms with Crippen molar-refractivity contribution < 1.29 is 9.90 Å². The van der Waals surface area contributed by atoms with E-state index in [0.29, 0.717) is 22.6 Å². The SMILES string of the molecule is C/C(=C\c1c(N)n[nH]c1-c1ccccc1O)c1cccc(C(C)C(=O)N(C)C)c1. The molecule has 0 saturated heterocycles. The van der Waals surface area contributed by atoms with Crippen LogP contribution in [0.15, 0.2) is 48.5 Å². The minimum absolute atomic E-state index is 0.0599. The van der Waals surface area contributed by atoms with Gasteiger partial charge in [-0.1, -0.05) is 36.4 Å². The number of phenolic OH excluding ortho intramolecular Hbond substituents is 1. The smallest absolute Gasteiger partial charge is 0.229 e. The molecule has 2 aromatic carbocycles. The van der Waals surface area contributed by atoms with Crippen molar-refractivity contribution >= 4 is 23.4 Å². The summed E-state index contributed by atoms with van der Waals surface area (Å²) in [5, 5.41) is 17.2. The highest BCUT2D eigenvalue weighted by Crippen LogP contribution is 2.34. The zero-order chi connectivity index (χ0) is 21.1. The van der Waals surface area contributed by atoms with Crippen LogP contribution in [-0.2, 0) is 4.79 Å². The van der Waals surface area contributed by atoms with E-state index in [2.05, 4.69) is 10.2 Å². The van der Waals surface area contributed by atoms with Crippen molar-refractivity contribution in [2.75, 3.05) is 19.8 Å². The van der Waals surface area contributed by atoms with Gasteiger partial charge in [0.15, 0.2) is 5.82 Å². The maximum atomic E-state index is 12.3. The Kier molecular flexibility index (Phi) is 5.73. The fourth-order valence-electron chi connectivity index (χ4n) is 3.28. The van der Waals surface area contributed by atoms with Crippen molar-refractivity contribution in [2.24, 2.45) is 0 Å². The molecule has 0 aliphatic heterocycles.